The van der Waals surface area contributed by atoms with Crippen molar-refractivity contribution in [2.24, 2.45) is 5.41 Å². The number of quaternary nitrogens is 2. The van der Waals surface area contributed by atoms with Crippen LogP contribution < -0.4 is 72.2 Å². The van der Waals surface area contributed by atoms with Gasteiger partial charge in [-0.15, -0.1) is 0 Å². The van der Waals surface area contributed by atoms with Crippen molar-refractivity contribution in [2.75, 3.05) is 111 Å². The normalized spacial score (nSPS) is 19.3. The number of unbranched alkanes of at least 4 members (excludes halogenated alkanes) is 2. The molecule has 0 amide bonds. The Balaban J connectivity index is 0.00000608. The molecule has 6 rings (SSSR count). The lowest BCUT2D eigenvalue weighted by Crippen LogP contribution is -3.00. The van der Waals surface area contributed by atoms with E-state index in [2.05, 4.69) is 38.4 Å². The Hall–Kier alpha value is -5.68. The lowest BCUT2D eigenvalue weighted by molar-refractivity contribution is -0.941. The monoisotopic (exact) mass is 1090 g/mol. The highest BCUT2D eigenvalue weighted by Crippen LogP contribution is 2.50. The second-order valence-electron chi connectivity index (χ2n) is 20.0. The molecule has 416 valence electrons. The van der Waals surface area contributed by atoms with E-state index < -0.39 is 17.4 Å². The molecule has 18 heteroatoms. The average molecular weight is 1090 g/mol. The molecule has 75 heavy (non-hydrogen) atoms. The smallest absolute Gasteiger partial charge is 0.309 e. The Morgan fingerprint density at radius 1 is 0.507 bits per heavy atom. The number of hydrogen-bond donors (Lipinski definition) is 2. The number of aliphatic carboxylic acids is 2. The number of hydrogen-bond acceptors (Lipinski definition) is 12. The summed E-state index contributed by atoms with van der Waals surface area (Å²) in [6, 6.07) is 16.1. The number of ether oxygens (including phenoxy) is 10. The Kier molecular flexibility index (Phi) is 22.6. The number of carboxylic acids is 2. The van der Waals surface area contributed by atoms with Crippen molar-refractivity contribution in [3.8, 4) is 57.5 Å². The first-order chi connectivity index (χ1) is 35.0. The number of rotatable bonds is 28. The van der Waals surface area contributed by atoms with Gasteiger partial charge >= 0.3 is 11.9 Å². The van der Waals surface area contributed by atoms with Gasteiger partial charge in [0.25, 0.3) is 0 Å². The predicted octanol–water partition coefficient (Wildman–Crippen LogP) is 3.53. The fraction of sp³-hybridized carbons (Fsp3) is 0.544. The first kappa shape index (κ1) is 61.9. The van der Waals surface area contributed by atoms with Crippen molar-refractivity contribution in [3.05, 3.63) is 81.9 Å². The molecule has 4 aromatic rings. The van der Waals surface area contributed by atoms with Crippen molar-refractivity contribution < 1.29 is 101 Å². The molecule has 0 saturated carbocycles. The Labute approximate surface area is 456 Å². The van der Waals surface area contributed by atoms with Gasteiger partial charge in [-0.2, -0.15) is 0 Å². The van der Waals surface area contributed by atoms with E-state index >= 15 is 0 Å². The fourth-order valence-electron chi connectivity index (χ4n) is 11.9. The van der Waals surface area contributed by atoms with E-state index in [1.807, 2.05) is 24.3 Å². The maximum absolute atomic E-state index is 14.0. The van der Waals surface area contributed by atoms with Crippen LogP contribution >= 0.6 is 0 Å². The number of methoxy groups -OCH3 is 10. The number of likely N-dealkylation sites (N-methyl/N-ethyl adjacent to an activating group) is 2. The molecule has 2 heterocycles. The summed E-state index contributed by atoms with van der Waals surface area (Å²) in [7, 11) is 20.8. The molecule has 2 aliphatic rings. The zero-order chi connectivity index (χ0) is 53.1. The van der Waals surface area contributed by atoms with Gasteiger partial charge in [0, 0.05) is 42.4 Å². The van der Waals surface area contributed by atoms with Crippen molar-refractivity contribution in [1.82, 2.24) is 0 Å². The summed E-state index contributed by atoms with van der Waals surface area (Å²) >= 11 is 0. The molecule has 4 aromatic carbocycles. The van der Waals surface area contributed by atoms with E-state index in [0.29, 0.717) is 131 Å². The molecule has 0 spiro atoms. The molecular formula is C57H80Cl2N2O14. The average Bonchev–Trinajstić information content (AvgIpc) is 3.39. The number of carboxylic acid groups (broad SMARTS) is 2. The summed E-state index contributed by atoms with van der Waals surface area (Å²) in [5.41, 5.74) is 5.49. The Morgan fingerprint density at radius 3 is 1.37 bits per heavy atom. The van der Waals surface area contributed by atoms with Crippen LogP contribution in [0, 0.1) is 5.41 Å². The molecule has 5 atom stereocenters. The molecule has 0 fully saturated rings. The highest BCUT2D eigenvalue weighted by molar-refractivity contribution is 5.74. The molecule has 1 unspecified atom stereocenters. The molecule has 16 nitrogen and oxygen atoms in total. The van der Waals surface area contributed by atoms with E-state index in [0.717, 1.165) is 60.3 Å². The van der Waals surface area contributed by atoms with Crippen molar-refractivity contribution in [1.29, 1.82) is 0 Å². The Bertz CT molecular complexity index is 2510. The van der Waals surface area contributed by atoms with Gasteiger partial charge in [-0.05, 0) is 104 Å². The van der Waals surface area contributed by atoms with Crippen LogP contribution in [-0.2, 0) is 28.9 Å². The van der Waals surface area contributed by atoms with Crippen molar-refractivity contribution in [3.63, 3.8) is 0 Å². The van der Waals surface area contributed by atoms with Gasteiger partial charge in [-0.1, -0.05) is 12.8 Å². The molecule has 0 radical (unpaired) electrons. The first-order valence-corrected chi connectivity index (χ1v) is 25.3. The molecule has 0 aliphatic carbocycles. The minimum atomic E-state index is -1.05. The number of nitrogens with zero attached hydrogens (tertiary/aromatic N) is 2. The zero-order valence-electron chi connectivity index (χ0n) is 46.0. The maximum atomic E-state index is 14.0. The van der Waals surface area contributed by atoms with Gasteiger partial charge in [0.1, 0.15) is 12.1 Å². The first-order valence-electron chi connectivity index (χ1n) is 25.3. The lowest BCUT2D eigenvalue weighted by atomic mass is 9.74. The number of carbonyl (C=O) groups is 2. The van der Waals surface area contributed by atoms with Gasteiger partial charge in [0.05, 0.1) is 117 Å². The third-order valence-electron chi connectivity index (χ3n) is 15.9. The van der Waals surface area contributed by atoms with Crippen LogP contribution in [-0.4, -0.2) is 142 Å². The number of halogens is 2. The summed E-state index contributed by atoms with van der Waals surface area (Å²) < 4.78 is 59.2. The van der Waals surface area contributed by atoms with Crippen LogP contribution in [0.25, 0.3) is 0 Å². The van der Waals surface area contributed by atoms with Crippen molar-refractivity contribution >= 4 is 11.9 Å². The zero-order valence-corrected chi connectivity index (χ0v) is 47.5. The second kappa shape index (κ2) is 27.4. The third-order valence-corrected chi connectivity index (χ3v) is 15.9. The minimum Gasteiger partial charge on any atom is -1.00 e. The number of benzene rings is 4. The highest BCUT2D eigenvalue weighted by atomic mass is 35.5. The lowest BCUT2D eigenvalue weighted by Gasteiger charge is -2.47. The summed E-state index contributed by atoms with van der Waals surface area (Å²) in [6.07, 6.45) is 6.65. The third kappa shape index (κ3) is 13.5. The van der Waals surface area contributed by atoms with Crippen LogP contribution in [0.1, 0.15) is 103 Å². The predicted molar refractivity (Wildman–Crippen MR) is 278 cm³/mol. The van der Waals surface area contributed by atoms with Crippen LogP contribution in [0.5, 0.6) is 57.5 Å². The fourth-order valence-corrected chi connectivity index (χ4v) is 11.9. The maximum Gasteiger partial charge on any atom is 0.309 e. The van der Waals surface area contributed by atoms with E-state index in [1.165, 1.54) is 5.56 Å². The van der Waals surface area contributed by atoms with E-state index in [1.54, 1.807) is 71.1 Å². The van der Waals surface area contributed by atoms with Gasteiger partial charge in [-0.3, -0.25) is 9.59 Å². The summed E-state index contributed by atoms with van der Waals surface area (Å²) in [5, 5.41) is 20.9. The van der Waals surface area contributed by atoms with Gasteiger partial charge in [0.15, 0.2) is 46.0 Å². The van der Waals surface area contributed by atoms with Crippen LogP contribution in [0.15, 0.2) is 48.5 Å². The summed E-state index contributed by atoms with van der Waals surface area (Å²) in [5.74, 6) is 4.20. The van der Waals surface area contributed by atoms with Crippen LogP contribution in [0.4, 0.5) is 0 Å². The molecule has 0 bridgehead atoms. The highest BCUT2D eigenvalue weighted by Gasteiger charge is 2.45. The van der Waals surface area contributed by atoms with Crippen LogP contribution in [0.3, 0.4) is 0 Å². The molecule has 2 aliphatic heterocycles. The largest absolute Gasteiger partial charge is 1.00 e. The quantitative estimate of drug-likeness (QED) is 0.0627. The molecular weight excluding hydrogens is 1010 g/mol. The van der Waals surface area contributed by atoms with Gasteiger partial charge < -0.3 is 91.4 Å². The van der Waals surface area contributed by atoms with E-state index in [-0.39, 0.29) is 43.3 Å². The van der Waals surface area contributed by atoms with Crippen molar-refractivity contribution in [2.45, 2.75) is 89.1 Å². The molecule has 0 aromatic heterocycles. The molecule has 2 N–H and O–H groups in total. The standard InChI is InChI=1S/C57H78N2O14.2ClH/c1-58(26-19-38-31-44(64-3)46(66-5)35-41(38)43(58)28-37-29-48(68-7)54(72-11)49(30-37)69-8)24-16-22-57(56(62)63,21-15-13-14-18-52(60)61)23-17-25-59(2)27-20-39-32-45(65-4)47(67-6)36-42(39)53(59)40-33-50(70-9)55(73-12)51(34-40)71-10;;/h29-36,43,53H,13-28H2,1-12H3;2*1H/t43-,53-,57?,58+,59+;;/m1../s1. The Morgan fingerprint density at radius 2 is 0.920 bits per heavy atom. The summed E-state index contributed by atoms with van der Waals surface area (Å²) in [4.78, 5) is 25.5. The van der Waals surface area contributed by atoms with E-state index in [4.69, 9.17) is 47.4 Å². The topological polar surface area (TPSA) is 167 Å². The van der Waals surface area contributed by atoms with E-state index in [9.17, 15) is 19.8 Å². The summed E-state index contributed by atoms with van der Waals surface area (Å²) in [6.45, 7) is 3.00. The SMILES string of the molecule is COc1cc2c(cc1OC)[C@@H](c1cc(OC)c(OC)c(OC)c1)[N@@+](C)(CCCC(CCCCCC(=O)O)(CCC[N@@+]1(C)CCc3cc(OC)c(OC)cc3[C@H]1Cc1cc(OC)c(OC)c(OC)c1)C(=O)O)CC2.[Cl-].[Cl-]. The molecule has 0 saturated heterocycles. The number of fused-ring (bicyclic) bond motifs is 2. The second-order valence-corrected chi connectivity index (χ2v) is 20.0. The minimum absolute atomic E-state index is 0. The van der Waals surface area contributed by atoms with Gasteiger partial charge in [-0.25, -0.2) is 0 Å². The van der Waals surface area contributed by atoms with Gasteiger partial charge in [0.2, 0.25) is 11.5 Å². The van der Waals surface area contributed by atoms with Crippen LogP contribution in [0.2, 0.25) is 0 Å².